The van der Waals surface area contributed by atoms with Gasteiger partial charge in [-0.15, -0.1) is 0 Å². The number of carbonyl (C=O) groups excluding carboxylic acids is 1. The smallest absolute Gasteiger partial charge is 0.259 e. The van der Waals surface area contributed by atoms with Gasteiger partial charge in [0.25, 0.3) is 5.91 Å². The Bertz CT molecular complexity index is 987. The molecule has 0 aliphatic carbocycles. The third-order valence-electron chi connectivity index (χ3n) is 3.52. The molecule has 0 fully saturated rings. The number of ether oxygens (including phenoxy) is 1. The van der Waals surface area contributed by atoms with Crippen molar-refractivity contribution in [2.45, 2.75) is 6.67 Å². The van der Waals surface area contributed by atoms with Gasteiger partial charge in [0.1, 0.15) is 18.2 Å². The molecule has 1 heterocycles. The summed E-state index contributed by atoms with van der Waals surface area (Å²) < 4.78 is 18.7. The lowest BCUT2D eigenvalue weighted by molar-refractivity contribution is 0.102. The summed E-state index contributed by atoms with van der Waals surface area (Å²) in [5.74, 6) is 0.172. The van der Waals surface area contributed by atoms with Gasteiger partial charge in [-0.1, -0.05) is 17.7 Å². The maximum absolute atomic E-state index is 13.0. The van der Waals surface area contributed by atoms with Crippen LogP contribution in [0, 0.1) is 0 Å². The van der Waals surface area contributed by atoms with Gasteiger partial charge in [0.2, 0.25) is 5.56 Å². The summed E-state index contributed by atoms with van der Waals surface area (Å²) in [6.07, 6.45) is 1.43. The predicted molar refractivity (Wildman–Crippen MR) is 97.8 cm³/mol. The Morgan fingerprint density at radius 3 is 2.58 bits per heavy atom. The SMILES string of the molecule is O=C(Nc1cc[nH]c(=O)c1)c1ccc(CF)cc1Oc1ccc(Cl)cc1. The molecule has 1 aromatic heterocycles. The molecule has 0 aliphatic rings. The Kier molecular flexibility index (Phi) is 5.34. The highest BCUT2D eigenvalue weighted by Crippen LogP contribution is 2.28. The van der Waals surface area contributed by atoms with Crippen LogP contribution >= 0.6 is 11.6 Å². The third kappa shape index (κ3) is 4.29. The standard InChI is InChI=1S/C19H14ClFN2O3/c20-13-2-4-15(5-3-13)26-17-9-12(11-21)1-6-16(17)19(25)23-14-7-8-22-18(24)10-14/h1-10H,11H2,(H2,22,23,24,25). The number of hydrogen-bond donors (Lipinski definition) is 2. The molecular formula is C19H14ClFN2O3. The molecule has 3 aromatic rings. The summed E-state index contributed by atoms with van der Waals surface area (Å²) in [7, 11) is 0. The van der Waals surface area contributed by atoms with Crippen molar-refractivity contribution in [1.82, 2.24) is 4.98 Å². The van der Waals surface area contributed by atoms with Crippen LogP contribution in [0.1, 0.15) is 15.9 Å². The highest BCUT2D eigenvalue weighted by Gasteiger charge is 2.15. The van der Waals surface area contributed by atoms with Gasteiger partial charge in [0.05, 0.1) is 5.56 Å². The van der Waals surface area contributed by atoms with Crippen molar-refractivity contribution in [3.05, 3.63) is 87.3 Å². The molecule has 0 bridgehead atoms. The molecule has 0 radical (unpaired) electrons. The number of aromatic nitrogens is 1. The van der Waals surface area contributed by atoms with Gasteiger partial charge in [-0.25, -0.2) is 4.39 Å². The highest BCUT2D eigenvalue weighted by atomic mass is 35.5. The third-order valence-corrected chi connectivity index (χ3v) is 3.77. The first-order valence-electron chi connectivity index (χ1n) is 7.67. The second kappa shape index (κ2) is 7.84. The molecule has 7 heteroatoms. The molecule has 0 atom stereocenters. The average molecular weight is 373 g/mol. The summed E-state index contributed by atoms with van der Waals surface area (Å²) >= 11 is 5.85. The van der Waals surface area contributed by atoms with Gasteiger partial charge < -0.3 is 15.0 Å². The molecule has 26 heavy (non-hydrogen) atoms. The van der Waals surface area contributed by atoms with Crippen LogP contribution in [0.2, 0.25) is 5.02 Å². The van der Waals surface area contributed by atoms with Crippen molar-refractivity contribution >= 4 is 23.2 Å². The zero-order valence-corrected chi connectivity index (χ0v) is 14.2. The minimum absolute atomic E-state index is 0.199. The molecular weight excluding hydrogens is 359 g/mol. The van der Waals surface area contributed by atoms with Crippen LogP contribution in [0.5, 0.6) is 11.5 Å². The summed E-state index contributed by atoms with van der Waals surface area (Å²) in [5, 5.41) is 3.16. The number of rotatable bonds is 5. The van der Waals surface area contributed by atoms with E-state index in [-0.39, 0.29) is 16.9 Å². The fourth-order valence-corrected chi connectivity index (χ4v) is 2.40. The Hall–Kier alpha value is -3.12. The van der Waals surface area contributed by atoms with E-state index in [1.54, 1.807) is 30.3 Å². The number of nitrogens with one attached hydrogen (secondary N) is 2. The molecule has 2 aromatic carbocycles. The van der Waals surface area contributed by atoms with Gasteiger partial charge in [-0.2, -0.15) is 0 Å². The Balaban J connectivity index is 1.91. The van der Waals surface area contributed by atoms with Gasteiger partial charge in [0, 0.05) is 23.0 Å². The van der Waals surface area contributed by atoms with Crippen LogP contribution in [0.15, 0.2) is 65.6 Å². The lowest BCUT2D eigenvalue weighted by Crippen LogP contribution is -2.15. The van der Waals surface area contributed by atoms with Crippen molar-refractivity contribution < 1.29 is 13.9 Å². The number of carbonyl (C=O) groups is 1. The zero-order valence-electron chi connectivity index (χ0n) is 13.5. The fraction of sp³-hybridized carbons (Fsp3) is 0.0526. The topological polar surface area (TPSA) is 71.2 Å². The number of alkyl halides is 1. The van der Waals surface area contributed by atoms with E-state index < -0.39 is 12.6 Å². The number of hydrogen-bond acceptors (Lipinski definition) is 3. The second-order valence-electron chi connectivity index (χ2n) is 5.42. The van der Waals surface area contributed by atoms with E-state index in [1.165, 1.54) is 30.5 Å². The van der Waals surface area contributed by atoms with Crippen molar-refractivity contribution in [2.24, 2.45) is 0 Å². The van der Waals surface area contributed by atoms with E-state index in [2.05, 4.69) is 10.3 Å². The number of halogens is 2. The minimum Gasteiger partial charge on any atom is -0.457 e. The first kappa shape index (κ1) is 17.7. The van der Waals surface area contributed by atoms with Gasteiger partial charge in [-0.05, 0) is 48.0 Å². The normalized spacial score (nSPS) is 10.4. The number of pyridine rings is 1. The Morgan fingerprint density at radius 2 is 1.88 bits per heavy atom. The van der Waals surface area contributed by atoms with Gasteiger partial charge in [-0.3, -0.25) is 9.59 Å². The summed E-state index contributed by atoms with van der Waals surface area (Å²) in [6.45, 7) is -0.688. The van der Waals surface area contributed by atoms with E-state index >= 15 is 0 Å². The van der Waals surface area contributed by atoms with Crippen LogP contribution in [0.3, 0.4) is 0 Å². The largest absolute Gasteiger partial charge is 0.457 e. The van der Waals surface area contributed by atoms with Gasteiger partial charge >= 0.3 is 0 Å². The van der Waals surface area contributed by atoms with Crippen molar-refractivity contribution in [3.8, 4) is 11.5 Å². The van der Waals surface area contributed by atoms with Crippen LogP contribution < -0.4 is 15.6 Å². The Labute approximate surface area is 153 Å². The number of benzene rings is 2. The molecule has 2 N–H and O–H groups in total. The molecule has 0 spiro atoms. The lowest BCUT2D eigenvalue weighted by Gasteiger charge is -2.13. The van der Waals surface area contributed by atoms with Crippen LogP contribution in [-0.4, -0.2) is 10.9 Å². The van der Waals surface area contributed by atoms with E-state index in [1.807, 2.05) is 0 Å². The molecule has 0 aliphatic heterocycles. The summed E-state index contributed by atoms with van der Waals surface area (Å²) in [6, 6.07) is 13.8. The molecule has 132 valence electrons. The first-order valence-corrected chi connectivity index (χ1v) is 8.05. The van der Waals surface area contributed by atoms with Crippen molar-refractivity contribution in [2.75, 3.05) is 5.32 Å². The van der Waals surface area contributed by atoms with Crippen molar-refractivity contribution in [3.63, 3.8) is 0 Å². The molecule has 5 nitrogen and oxygen atoms in total. The monoisotopic (exact) mass is 372 g/mol. The number of anilines is 1. The van der Waals surface area contributed by atoms with Crippen LogP contribution in [-0.2, 0) is 6.67 Å². The number of amides is 1. The van der Waals surface area contributed by atoms with Gasteiger partial charge in [0.15, 0.2) is 0 Å². The minimum atomic E-state index is -0.688. The quantitative estimate of drug-likeness (QED) is 0.690. The maximum atomic E-state index is 13.0. The first-order chi connectivity index (χ1) is 12.5. The van der Waals surface area contributed by atoms with Crippen LogP contribution in [0.25, 0.3) is 0 Å². The lowest BCUT2D eigenvalue weighted by atomic mass is 10.1. The van der Waals surface area contributed by atoms with Crippen molar-refractivity contribution in [1.29, 1.82) is 0 Å². The summed E-state index contributed by atoms with van der Waals surface area (Å²) in [4.78, 5) is 26.4. The molecule has 1 amide bonds. The maximum Gasteiger partial charge on any atom is 0.259 e. The molecule has 3 rings (SSSR count). The average Bonchev–Trinajstić information content (AvgIpc) is 2.63. The van der Waals surface area contributed by atoms with E-state index in [0.717, 1.165) is 0 Å². The molecule has 0 saturated heterocycles. The molecule has 0 saturated carbocycles. The second-order valence-corrected chi connectivity index (χ2v) is 5.85. The molecule has 0 unspecified atom stereocenters. The predicted octanol–water partition coefficient (Wildman–Crippen LogP) is 4.54. The zero-order chi connectivity index (χ0) is 18.5. The van der Waals surface area contributed by atoms with E-state index in [4.69, 9.17) is 16.3 Å². The number of H-pyrrole nitrogens is 1. The van der Waals surface area contributed by atoms with E-state index in [0.29, 0.717) is 22.0 Å². The Morgan fingerprint density at radius 1 is 1.12 bits per heavy atom. The fourth-order valence-electron chi connectivity index (χ4n) is 2.27. The highest BCUT2D eigenvalue weighted by molar-refractivity contribution is 6.30. The van der Waals surface area contributed by atoms with E-state index in [9.17, 15) is 14.0 Å². The number of aromatic amines is 1. The van der Waals surface area contributed by atoms with Crippen LogP contribution in [0.4, 0.5) is 10.1 Å². The summed E-state index contributed by atoms with van der Waals surface area (Å²) in [5.41, 5.74) is 0.582.